The molecule has 1 aromatic heterocycles. The van der Waals surface area contributed by atoms with E-state index in [1.807, 2.05) is 38.4 Å². The van der Waals surface area contributed by atoms with Crippen LogP contribution >= 0.6 is 0 Å². The van der Waals surface area contributed by atoms with E-state index in [2.05, 4.69) is 28.8 Å². The number of nitrogens with zero attached hydrogens (tertiary/aromatic N) is 1. The molecule has 0 atom stereocenters. The molecule has 5 nitrogen and oxygen atoms in total. The van der Waals surface area contributed by atoms with Crippen LogP contribution in [0.1, 0.15) is 12.8 Å². The van der Waals surface area contributed by atoms with E-state index in [0.717, 1.165) is 59.2 Å². The SMILES string of the molecule is CNCCCOc1ccc2cc3ccc(OCCCNC)cc3nc2c1. The van der Waals surface area contributed by atoms with Crippen molar-refractivity contribution in [2.45, 2.75) is 12.8 Å². The van der Waals surface area contributed by atoms with E-state index in [1.165, 1.54) is 0 Å². The highest BCUT2D eigenvalue weighted by Crippen LogP contribution is 2.26. The summed E-state index contributed by atoms with van der Waals surface area (Å²) in [6, 6.07) is 14.3. The van der Waals surface area contributed by atoms with Crippen molar-refractivity contribution in [1.82, 2.24) is 15.6 Å². The van der Waals surface area contributed by atoms with Crippen molar-refractivity contribution < 1.29 is 9.47 Å². The Labute approximate surface area is 154 Å². The molecule has 0 spiro atoms. The fraction of sp³-hybridized carbons (Fsp3) is 0.381. The normalized spacial score (nSPS) is 11.2. The van der Waals surface area contributed by atoms with E-state index >= 15 is 0 Å². The average Bonchev–Trinajstić information content (AvgIpc) is 2.67. The second-order valence-electron chi connectivity index (χ2n) is 6.31. The minimum Gasteiger partial charge on any atom is -0.493 e. The van der Waals surface area contributed by atoms with Gasteiger partial charge in [0.15, 0.2) is 0 Å². The number of hydrogen-bond donors (Lipinski definition) is 2. The van der Waals surface area contributed by atoms with Crippen molar-refractivity contribution in [2.24, 2.45) is 0 Å². The highest BCUT2D eigenvalue weighted by atomic mass is 16.5. The predicted molar refractivity (Wildman–Crippen MR) is 107 cm³/mol. The monoisotopic (exact) mass is 353 g/mol. The summed E-state index contributed by atoms with van der Waals surface area (Å²) in [7, 11) is 3.90. The van der Waals surface area contributed by atoms with Crippen molar-refractivity contribution in [3.05, 3.63) is 42.5 Å². The van der Waals surface area contributed by atoms with Gasteiger partial charge < -0.3 is 20.1 Å². The minimum atomic E-state index is 0.699. The summed E-state index contributed by atoms with van der Waals surface area (Å²) in [5, 5.41) is 8.47. The van der Waals surface area contributed by atoms with Gasteiger partial charge in [0.2, 0.25) is 0 Å². The van der Waals surface area contributed by atoms with Gasteiger partial charge in [-0.3, -0.25) is 0 Å². The summed E-state index contributed by atoms with van der Waals surface area (Å²) in [6.45, 7) is 3.30. The Morgan fingerprint density at radius 1 is 0.731 bits per heavy atom. The zero-order valence-corrected chi connectivity index (χ0v) is 15.5. The zero-order chi connectivity index (χ0) is 18.2. The first-order valence-corrected chi connectivity index (χ1v) is 9.19. The van der Waals surface area contributed by atoms with Gasteiger partial charge in [0, 0.05) is 22.9 Å². The van der Waals surface area contributed by atoms with Crippen LogP contribution in [-0.4, -0.2) is 45.4 Å². The van der Waals surface area contributed by atoms with Crippen LogP contribution in [0.2, 0.25) is 0 Å². The van der Waals surface area contributed by atoms with Gasteiger partial charge in [0.25, 0.3) is 0 Å². The zero-order valence-electron chi connectivity index (χ0n) is 15.5. The second kappa shape index (κ2) is 9.36. The van der Waals surface area contributed by atoms with Gasteiger partial charge in [-0.05, 0) is 70.4 Å². The molecule has 0 radical (unpaired) electrons. The average molecular weight is 353 g/mol. The Kier molecular flexibility index (Phi) is 6.63. The lowest BCUT2D eigenvalue weighted by atomic mass is 10.1. The third-order valence-corrected chi connectivity index (χ3v) is 4.24. The largest absolute Gasteiger partial charge is 0.493 e. The quantitative estimate of drug-likeness (QED) is 0.432. The van der Waals surface area contributed by atoms with E-state index in [9.17, 15) is 0 Å². The molecule has 0 aliphatic carbocycles. The number of rotatable bonds is 10. The second-order valence-corrected chi connectivity index (χ2v) is 6.31. The van der Waals surface area contributed by atoms with E-state index in [1.54, 1.807) is 0 Å². The van der Waals surface area contributed by atoms with Gasteiger partial charge >= 0.3 is 0 Å². The van der Waals surface area contributed by atoms with Crippen LogP contribution < -0.4 is 20.1 Å². The van der Waals surface area contributed by atoms with Crippen molar-refractivity contribution in [1.29, 1.82) is 0 Å². The molecule has 0 amide bonds. The van der Waals surface area contributed by atoms with Crippen LogP contribution in [0.3, 0.4) is 0 Å². The van der Waals surface area contributed by atoms with E-state index in [-0.39, 0.29) is 0 Å². The first-order valence-electron chi connectivity index (χ1n) is 9.19. The Hall–Kier alpha value is -2.37. The molecule has 1 heterocycles. The van der Waals surface area contributed by atoms with Crippen molar-refractivity contribution >= 4 is 21.8 Å². The number of ether oxygens (including phenoxy) is 2. The Balaban J connectivity index is 1.76. The van der Waals surface area contributed by atoms with Crippen molar-refractivity contribution in [2.75, 3.05) is 40.4 Å². The molecule has 3 aromatic rings. The lowest BCUT2D eigenvalue weighted by Gasteiger charge is -2.09. The van der Waals surface area contributed by atoms with Gasteiger partial charge in [-0.2, -0.15) is 0 Å². The molecule has 0 aliphatic heterocycles. The number of benzene rings is 2. The molecule has 5 heteroatoms. The van der Waals surface area contributed by atoms with Crippen molar-refractivity contribution in [3.8, 4) is 11.5 Å². The lowest BCUT2D eigenvalue weighted by molar-refractivity contribution is 0.310. The van der Waals surface area contributed by atoms with Crippen molar-refractivity contribution in [3.63, 3.8) is 0 Å². The minimum absolute atomic E-state index is 0.699. The van der Waals surface area contributed by atoms with Gasteiger partial charge in [0.1, 0.15) is 11.5 Å². The standard InChI is InChI=1S/C21H27N3O2/c1-22-9-3-11-25-18-7-5-16-13-17-6-8-19(26-12-4-10-23-2)15-21(17)24-20(16)14-18/h5-8,13-15,22-23H,3-4,9-12H2,1-2H3. The van der Waals surface area contributed by atoms with Gasteiger partial charge in [-0.25, -0.2) is 4.98 Å². The maximum atomic E-state index is 5.82. The lowest BCUT2D eigenvalue weighted by Crippen LogP contribution is -2.11. The number of fused-ring (bicyclic) bond motifs is 2. The molecule has 0 bridgehead atoms. The van der Waals surface area contributed by atoms with Crippen LogP contribution in [-0.2, 0) is 0 Å². The number of nitrogens with one attached hydrogen (secondary N) is 2. The maximum Gasteiger partial charge on any atom is 0.121 e. The van der Waals surface area contributed by atoms with Crippen LogP contribution in [0.5, 0.6) is 11.5 Å². The molecule has 2 aromatic carbocycles. The van der Waals surface area contributed by atoms with Gasteiger partial charge in [0.05, 0.1) is 24.2 Å². The van der Waals surface area contributed by atoms with Gasteiger partial charge in [-0.1, -0.05) is 0 Å². The summed E-state index contributed by atoms with van der Waals surface area (Å²) in [5.41, 5.74) is 1.88. The molecule has 0 unspecified atom stereocenters. The topological polar surface area (TPSA) is 55.4 Å². The van der Waals surface area contributed by atoms with Crippen LogP contribution in [0.4, 0.5) is 0 Å². The van der Waals surface area contributed by atoms with Crippen LogP contribution in [0.25, 0.3) is 21.8 Å². The summed E-state index contributed by atoms with van der Waals surface area (Å²) < 4.78 is 11.6. The number of aromatic nitrogens is 1. The Morgan fingerprint density at radius 2 is 1.23 bits per heavy atom. The Morgan fingerprint density at radius 3 is 1.69 bits per heavy atom. The molecule has 2 N–H and O–H groups in total. The van der Waals surface area contributed by atoms with Crippen LogP contribution in [0, 0.1) is 0 Å². The first kappa shape index (κ1) is 18.4. The maximum absolute atomic E-state index is 5.82. The number of hydrogen-bond acceptors (Lipinski definition) is 5. The third kappa shape index (κ3) is 4.84. The smallest absolute Gasteiger partial charge is 0.121 e. The van der Waals surface area contributed by atoms with E-state index in [4.69, 9.17) is 14.5 Å². The summed E-state index contributed by atoms with van der Waals surface area (Å²) in [6.07, 6.45) is 1.96. The summed E-state index contributed by atoms with van der Waals surface area (Å²) in [5.74, 6) is 1.72. The van der Waals surface area contributed by atoms with E-state index < -0.39 is 0 Å². The molecular weight excluding hydrogens is 326 g/mol. The third-order valence-electron chi connectivity index (χ3n) is 4.24. The van der Waals surface area contributed by atoms with E-state index in [0.29, 0.717) is 13.2 Å². The van der Waals surface area contributed by atoms with Crippen LogP contribution in [0.15, 0.2) is 42.5 Å². The molecule has 0 aliphatic rings. The molecule has 138 valence electrons. The molecular formula is C21H27N3O2. The predicted octanol–water partition coefficient (Wildman–Crippen LogP) is 3.36. The molecule has 0 saturated heterocycles. The Bertz CT molecular complexity index is 784. The highest BCUT2D eigenvalue weighted by Gasteiger charge is 2.04. The summed E-state index contributed by atoms with van der Waals surface area (Å²) >= 11 is 0. The van der Waals surface area contributed by atoms with Gasteiger partial charge in [-0.15, -0.1) is 0 Å². The molecule has 0 fully saturated rings. The molecule has 3 rings (SSSR count). The molecule has 0 saturated carbocycles. The highest BCUT2D eigenvalue weighted by molar-refractivity contribution is 5.93. The fourth-order valence-corrected chi connectivity index (χ4v) is 2.84. The first-order chi connectivity index (χ1) is 12.8. The number of pyridine rings is 1. The fourth-order valence-electron chi connectivity index (χ4n) is 2.84. The molecule has 26 heavy (non-hydrogen) atoms. The summed E-state index contributed by atoms with van der Waals surface area (Å²) in [4.78, 5) is 4.80.